The van der Waals surface area contributed by atoms with E-state index in [0.29, 0.717) is 5.96 Å². The van der Waals surface area contributed by atoms with Crippen LogP contribution in [0.5, 0.6) is 0 Å². The SMILES string of the molecule is NC1=NCCN1c1cc[c-]cc1.[W]. The summed E-state index contributed by atoms with van der Waals surface area (Å²) < 4.78 is 0. The Morgan fingerprint density at radius 2 is 2.08 bits per heavy atom. The van der Waals surface area contributed by atoms with Gasteiger partial charge in [0.2, 0.25) is 0 Å². The second-order valence-electron chi connectivity index (χ2n) is 2.65. The summed E-state index contributed by atoms with van der Waals surface area (Å²) in [4.78, 5) is 6.10. The van der Waals surface area contributed by atoms with Crippen LogP contribution in [-0.4, -0.2) is 19.0 Å². The smallest absolute Gasteiger partial charge is 0.194 e. The van der Waals surface area contributed by atoms with E-state index in [1.54, 1.807) is 0 Å². The number of hydrogen-bond acceptors (Lipinski definition) is 3. The van der Waals surface area contributed by atoms with E-state index in [-0.39, 0.29) is 21.1 Å². The van der Waals surface area contributed by atoms with Gasteiger partial charge in [-0.15, -0.1) is 12.1 Å². The molecule has 3 nitrogen and oxygen atoms in total. The molecule has 13 heavy (non-hydrogen) atoms. The van der Waals surface area contributed by atoms with Crippen molar-refractivity contribution in [2.45, 2.75) is 0 Å². The molecule has 2 rings (SSSR count). The summed E-state index contributed by atoms with van der Waals surface area (Å²) in [6.45, 7) is 1.68. The minimum Gasteiger partial charge on any atom is -0.370 e. The molecule has 0 saturated heterocycles. The van der Waals surface area contributed by atoms with Gasteiger partial charge in [-0.25, -0.2) is 0 Å². The van der Waals surface area contributed by atoms with Gasteiger partial charge in [0.1, 0.15) is 0 Å². The van der Waals surface area contributed by atoms with E-state index in [1.165, 1.54) is 0 Å². The van der Waals surface area contributed by atoms with Crippen molar-refractivity contribution in [1.29, 1.82) is 0 Å². The van der Waals surface area contributed by atoms with Crippen LogP contribution in [0.4, 0.5) is 5.69 Å². The number of nitrogens with zero attached hydrogens (tertiary/aromatic N) is 2. The monoisotopic (exact) mass is 344 g/mol. The maximum Gasteiger partial charge on any atom is 0.194 e. The van der Waals surface area contributed by atoms with Gasteiger partial charge >= 0.3 is 0 Å². The third kappa shape index (κ3) is 2.10. The Morgan fingerprint density at radius 3 is 2.62 bits per heavy atom. The molecule has 1 aromatic carbocycles. The van der Waals surface area contributed by atoms with Crippen LogP contribution in [0.3, 0.4) is 0 Å². The van der Waals surface area contributed by atoms with Gasteiger partial charge in [0.15, 0.2) is 5.96 Å². The summed E-state index contributed by atoms with van der Waals surface area (Å²) in [5, 5.41) is 0. The first-order valence-corrected chi connectivity index (χ1v) is 3.91. The molecule has 0 radical (unpaired) electrons. The summed E-state index contributed by atoms with van der Waals surface area (Å²) >= 11 is 0. The molecular weight excluding hydrogens is 334 g/mol. The number of nitrogens with two attached hydrogens (primary N) is 1. The van der Waals surface area contributed by atoms with E-state index in [0.717, 1.165) is 18.8 Å². The molecule has 0 unspecified atom stereocenters. The largest absolute Gasteiger partial charge is 0.370 e. The number of rotatable bonds is 1. The predicted molar refractivity (Wildman–Crippen MR) is 49.1 cm³/mol. The number of anilines is 1. The third-order valence-electron chi connectivity index (χ3n) is 1.89. The molecule has 0 bridgehead atoms. The minimum atomic E-state index is 0. The van der Waals surface area contributed by atoms with Gasteiger partial charge in [-0.3, -0.25) is 4.99 Å². The maximum absolute atomic E-state index is 5.68. The first-order valence-electron chi connectivity index (χ1n) is 3.91. The Labute approximate surface area is 91.9 Å². The van der Waals surface area contributed by atoms with Gasteiger partial charge < -0.3 is 10.6 Å². The molecule has 0 fully saturated rings. The average molecular weight is 344 g/mol. The zero-order valence-electron chi connectivity index (χ0n) is 7.10. The fourth-order valence-electron chi connectivity index (χ4n) is 1.28. The molecule has 0 spiro atoms. The fourth-order valence-corrected chi connectivity index (χ4v) is 1.28. The number of hydrogen-bond donors (Lipinski definition) is 1. The molecule has 1 heterocycles. The summed E-state index contributed by atoms with van der Waals surface area (Å²) in [5.74, 6) is 0.612. The molecule has 0 aliphatic carbocycles. The Balaban J connectivity index is 0.000000845. The second kappa shape index (κ2) is 4.42. The second-order valence-corrected chi connectivity index (χ2v) is 2.65. The normalized spacial score (nSPS) is 15.1. The zero-order valence-corrected chi connectivity index (χ0v) is 10.0. The minimum absolute atomic E-state index is 0. The quantitative estimate of drug-likeness (QED) is 0.759. The van der Waals surface area contributed by atoms with Crippen molar-refractivity contribution in [2.24, 2.45) is 10.7 Å². The van der Waals surface area contributed by atoms with Gasteiger partial charge in [0.25, 0.3) is 0 Å². The van der Waals surface area contributed by atoms with Crippen LogP contribution >= 0.6 is 0 Å². The first kappa shape index (κ1) is 10.3. The van der Waals surface area contributed by atoms with E-state index in [2.05, 4.69) is 11.1 Å². The Morgan fingerprint density at radius 1 is 1.38 bits per heavy atom. The Bertz CT molecular complexity index is 297. The molecule has 0 aromatic heterocycles. The van der Waals surface area contributed by atoms with Crippen LogP contribution in [0.25, 0.3) is 0 Å². The van der Waals surface area contributed by atoms with E-state index in [4.69, 9.17) is 5.73 Å². The van der Waals surface area contributed by atoms with E-state index >= 15 is 0 Å². The third-order valence-corrected chi connectivity index (χ3v) is 1.89. The van der Waals surface area contributed by atoms with Crippen molar-refractivity contribution in [1.82, 2.24) is 0 Å². The summed E-state index contributed by atoms with van der Waals surface area (Å²) in [7, 11) is 0. The topological polar surface area (TPSA) is 41.6 Å². The summed E-state index contributed by atoms with van der Waals surface area (Å²) in [5.41, 5.74) is 6.77. The Kier molecular flexibility index (Phi) is 3.49. The van der Waals surface area contributed by atoms with Gasteiger partial charge in [0, 0.05) is 27.6 Å². The Hall–Kier alpha value is -0.822. The maximum atomic E-state index is 5.68. The zero-order chi connectivity index (χ0) is 8.39. The van der Waals surface area contributed by atoms with Crippen LogP contribution in [-0.2, 0) is 21.1 Å². The summed E-state index contributed by atoms with van der Waals surface area (Å²) in [6, 6.07) is 10.7. The standard InChI is InChI=1S/C9H10N3.W/c10-9-11-6-7-12(9)8-4-2-1-3-5-8;/h2-5H,6-7H2,(H2,10,11);/q-1;. The van der Waals surface area contributed by atoms with Gasteiger partial charge in [-0.05, 0) is 0 Å². The van der Waals surface area contributed by atoms with Crippen molar-refractivity contribution in [2.75, 3.05) is 18.0 Å². The molecule has 0 amide bonds. The first-order chi connectivity index (χ1) is 5.88. The van der Waals surface area contributed by atoms with Crippen LogP contribution in [0.1, 0.15) is 0 Å². The number of guanidine groups is 1. The number of benzene rings is 1. The van der Waals surface area contributed by atoms with E-state index in [9.17, 15) is 0 Å². The molecule has 2 N–H and O–H groups in total. The van der Waals surface area contributed by atoms with Crippen LogP contribution in [0, 0.1) is 6.07 Å². The average Bonchev–Trinajstić information content (AvgIpc) is 2.53. The number of aliphatic imine (C=N–C) groups is 1. The van der Waals surface area contributed by atoms with E-state index in [1.807, 2.05) is 29.2 Å². The van der Waals surface area contributed by atoms with Gasteiger partial charge in [0.05, 0.1) is 6.54 Å². The predicted octanol–water partition coefficient (Wildman–Crippen LogP) is 0.619. The van der Waals surface area contributed by atoms with E-state index < -0.39 is 0 Å². The summed E-state index contributed by atoms with van der Waals surface area (Å²) in [6.07, 6.45) is 0. The molecule has 0 atom stereocenters. The molecular formula is C9H10N3W-. The van der Waals surface area contributed by atoms with Crippen molar-refractivity contribution >= 4 is 11.6 Å². The molecule has 1 aliphatic rings. The van der Waals surface area contributed by atoms with Crippen molar-refractivity contribution in [3.63, 3.8) is 0 Å². The van der Waals surface area contributed by atoms with Crippen LogP contribution in [0.15, 0.2) is 29.3 Å². The molecule has 0 saturated carbocycles. The van der Waals surface area contributed by atoms with Crippen LogP contribution < -0.4 is 10.6 Å². The molecule has 1 aromatic rings. The fraction of sp³-hybridized carbons (Fsp3) is 0.222. The molecule has 1 aliphatic heterocycles. The van der Waals surface area contributed by atoms with Crippen molar-refractivity contribution in [3.05, 3.63) is 30.3 Å². The molecule has 4 heteroatoms. The van der Waals surface area contributed by atoms with Gasteiger partial charge in [-0.1, -0.05) is 5.69 Å². The molecule has 68 valence electrons. The van der Waals surface area contributed by atoms with Crippen molar-refractivity contribution in [3.8, 4) is 0 Å². The van der Waals surface area contributed by atoms with Gasteiger partial charge in [-0.2, -0.15) is 18.2 Å². The van der Waals surface area contributed by atoms with Crippen LogP contribution in [0.2, 0.25) is 0 Å². The van der Waals surface area contributed by atoms with Crippen molar-refractivity contribution < 1.29 is 21.1 Å².